The summed E-state index contributed by atoms with van der Waals surface area (Å²) in [5.41, 5.74) is 3.45. The Balaban J connectivity index is 1.27. The van der Waals surface area contributed by atoms with E-state index in [4.69, 9.17) is 0 Å². The van der Waals surface area contributed by atoms with Crippen molar-refractivity contribution in [3.05, 3.63) is 48.0 Å². The first kappa shape index (κ1) is 18.1. The number of carbonyl (C=O) groups excluding carboxylic acids is 1. The average molecular weight is 391 g/mol. The topological polar surface area (TPSA) is 89.7 Å². The SMILES string of the molecule is O=C(Nc1ccc(-c2ncc3n2CCCC3)cc1)c1cn(C2CCNCC2)nn1. The van der Waals surface area contributed by atoms with Crippen molar-refractivity contribution in [2.45, 2.75) is 44.7 Å². The molecule has 2 aromatic heterocycles. The second-order valence-corrected chi connectivity index (χ2v) is 7.78. The molecule has 2 aliphatic heterocycles. The molecule has 2 aliphatic rings. The highest BCUT2D eigenvalue weighted by Gasteiger charge is 2.19. The van der Waals surface area contributed by atoms with E-state index in [2.05, 4.69) is 30.5 Å². The first-order valence-corrected chi connectivity index (χ1v) is 10.4. The number of nitrogens with zero attached hydrogens (tertiary/aromatic N) is 5. The van der Waals surface area contributed by atoms with Crippen molar-refractivity contribution in [3.8, 4) is 11.4 Å². The van der Waals surface area contributed by atoms with Gasteiger partial charge in [0.25, 0.3) is 5.91 Å². The van der Waals surface area contributed by atoms with Crippen molar-refractivity contribution in [1.82, 2.24) is 29.9 Å². The highest BCUT2D eigenvalue weighted by molar-refractivity contribution is 6.02. The van der Waals surface area contributed by atoms with Crippen LogP contribution in [0.3, 0.4) is 0 Å². The van der Waals surface area contributed by atoms with E-state index < -0.39 is 0 Å². The third-order valence-corrected chi connectivity index (χ3v) is 5.83. The summed E-state index contributed by atoms with van der Waals surface area (Å²) >= 11 is 0. The van der Waals surface area contributed by atoms with E-state index in [-0.39, 0.29) is 5.91 Å². The van der Waals surface area contributed by atoms with Crippen molar-refractivity contribution in [2.24, 2.45) is 0 Å². The first-order valence-electron chi connectivity index (χ1n) is 10.4. The number of nitrogens with one attached hydrogen (secondary N) is 2. The number of anilines is 1. The highest BCUT2D eigenvalue weighted by atomic mass is 16.2. The van der Waals surface area contributed by atoms with Crippen LogP contribution in [0.5, 0.6) is 0 Å². The zero-order chi connectivity index (χ0) is 19.6. The average Bonchev–Trinajstić information content (AvgIpc) is 3.43. The predicted molar refractivity (Wildman–Crippen MR) is 110 cm³/mol. The Morgan fingerprint density at radius 2 is 1.97 bits per heavy atom. The van der Waals surface area contributed by atoms with Crippen LogP contribution in [0.2, 0.25) is 0 Å². The van der Waals surface area contributed by atoms with Crippen LogP contribution in [-0.2, 0) is 13.0 Å². The van der Waals surface area contributed by atoms with E-state index in [1.807, 2.05) is 35.1 Å². The quantitative estimate of drug-likeness (QED) is 0.714. The molecule has 3 aromatic rings. The summed E-state index contributed by atoms with van der Waals surface area (Å²) in [7, 11) is 0. The minimum absolute atomic E-state index is 0.240. The van der Waals surface area contributed by atoms with Crippen molar-refractivity contribution in [1.29, 1.82) is 0 Å². The third-order valence-electron chi connectivity index (χ3n) is 5.83. The van der Waals surface area contributed by atoms with E-state index in [1.54, 1.807) is 6.20 Å². The van der Waals surface area contributed by atoms with Gasteiger partial charge in [0, 0.05) is 29.7 Å². The number of hydrogen-bond acceptors (Lipinski definition) is 5. The smallest absolute Gasteiger partial charge is 0.277 e. The molecule has 150 valence electrons. The van der Waals surface area contributed by atoms with Crippen LogP contribution in [0.4, 0.5) is 5.69 Å². The zero-order valence-electron chi connectivity index (χ0n) is 16.3. The number of amides is 1. The molecule has 4 heterocycles. The number of benzene rings is 1. The van der Waals surface area contributed by atoms with Crippen LogP contribution in [0.1, 0.15) is 47.9 Å². The summed E-state index contributed by atoms with van der Waals surface area (Å²) in [5.74, 6) is 0.763. The Labute approximate surface area is 169 Å². The highest BCUT2D eigenvalue weighted by Crippen LogP contribution is 2.25. The van der Waals surface area contributed by atoms with E-state index in [0.29, 0.717) is 11.7 Å². The number of imidazole rings is 1. The lowest BCUT2D eigenvalue weighted by Crippen LogP contribution is -2.29. The molecule has 0 spiro atoms. The van der Waals surface area contributed by atoms with Gasteiger partial charge in [-0.25, -0.2) is 9.67 Å². The number of aryl methyl sites for hydroxylation is 1. The van der Waals surface area contributed by atoms with Gasteiger partial charge in [-0.2, -0.15) is 0 Å². The Morgan fingerprint density at radius 3 is 2.79 bits per heavy atom. The molecule has 0 radical (unpaired) electrons. The van der Waals surface area contributed by atoms with Gasteiger partial charge >= 0.3 is 0 Å². The monoisotopic (exact) mass is 391 g/mol. The number of aromatic nitrogens is 5. The third kappa shape index (κ3) is 3.67. The number of fused-ring (bicyclic) bond motifs is 1. The number of hydrogen-bond donors (Lipinski definition) is 2. The van der Waals surface area contributed by atoms with Crippen molar-refractivity contribution in [2.75, 3.05) is 18.4 Å². The molecule has 1 saturated heterocycles. The van der Waals surface area contributed by atoms with Crippen LogP contribution in [0, 0.1) is 0 Å². The molecule has 5 rings (SSSR count). The number of piperidine rings is 1. The second-order valence-electron chi connectivity index (χ2n) is 7.78. The van der Waals surface area contributed by atoms with Crippen molar-refractivity contribution >= 4 is 11.6 Å². The lowest BCUT2D eigenvalue weighted by molar-refractivity contribution is 0.102. The minimum Gasteiger partial charge on any atom is -0.328 e. The summed E-state index contributed by atoms with van der Waals surface area (Å²) in [5, 5.41) is 14.5. The van der Waals surface area contributed by atoms with Gasteiger partial charge < -0.3 is 15.2 Å². The van der Waals surface area contributed by atoms with Gasteiger partial charge in [0.2, 0.25) is 0 Å². The molecule has 1 amide bonds. The molecule has 8 nitrogen and oxygen atoms in total. The maximum absolute atomic E-state index is 12.6. The van der Waals surface area contributed by atoms with Gasteiger partial charge in [0.1, 0.15) is 5.82 Å². The lowest BCUT2D eigenvalue weighted by Gasteiger charge is -2.22. The maximum atomic E-state index is 12.6. The van der Waals surface area contributed by atoms with Gasteiger partial charge in [0.15, 0.2) is 5.69 Å². The van der Waals surface area contributed by atoms with Crippen molar-refractivity contribution < 1.29 is 4.79 Å². The molecular weight excluding hydrogens is 366 g/mol. The van der Waals surface area contributed by atoms with Crippen LogP contribution in [-0.4, -0.2) is 43.5 Å². The fourth-order valence-corrected chi connectivity index (χ4v) is 4.19. The van der Waals surface area contributed by atoms with Gasteiger partial charge in [-0.1, -0.05) is 5.21 Å². The predicted octanol–water partition coefficient (Wildman–Crippen LogP) is 2.65. The number of rotatable bonds is 4. The molecule has 0 unspecified atom stereocenters. The molecule has 0 bridgehead atoms. The van der Waals surface area contributed by atoms with E-state index in [0.717, 1.165) is 56.0 Å². The van der Waals surface area contributed by atoms with Crippen LogP contribution >= 0.6 is 0 Å². The standard InChI is InChI=1S/C21H25N7O/c29-21(19-14-28(26-25-19)17-8-10-22-11-9-17)24-16-6-4-15(5-7-16)20-23-13-18-3-1-2-12-27(18)20/h4-7,13-14,17,22H,1-3,8-12H2,(H,24,29). The summed E-state index contributed by atoms with van der Waals surface area (Å²) in [6, 6.07) is 8.14. The van der Waals surface area contributed by atoms with Gasteiger partial charge in [-0.15, -0.1) is 5.10 Å². The molecule has 2 N–H and O–H groups in total. The summed E-state index contributed by atoms with van der Waals surface area (Å²) in [4.78, 5) is 17.2. The van der Waals surface area contributed by atoms with Gasteiger partial charge in [-0.3, -0.25) is 4.79 Å². The summed E-state index contributed by atoms with van der Waals surface area (Å²) in [6.45, 7) is 2.96. The normalized spacial score (nSPS) is 17.1. The Hall–Kier alpha value is -3.00. The lowest BCUT2D eigenvalue weighted by atomic mass is 10.1. The first-order chi connectivity index (χ1) is 14.3. The maximum Gasteiger partial charge on any atom is 0.277 e. The fourth-order valence-electron chi connectivity index (χ4n) is 4.19. The van der Waals surface area contributed by atoms with Gasteiger partial charge in [0.05, 0.1) is 12.2 Å². The van der Waals surface area contributed by atoms with E-state index in [9.17, 15) is 4.79 Å². The largest absolute Gasteiger partial charge is 0.328 e. The number of carbonyl (C=O) groups is 1. The minimum atomic E-state index is -0.240. The Bertz CT molecular complexity index is 998. The Morgan fingerprint density at radius 1 is 1.14 bits per heavy atom. The van der Waals surface area contributed by atoms with Crippen molar-refractivity contribution in [3.63, 3.8) is 0 Å². The molecule has 0 atom stereocenters. The molecule has 1 aromatic carbocycles. The zero-order valence-corrected chi connectivity index (χ0v) is 16.3. The molecule has 29 heavy (non-hydrogen) atoms. The fraction of sp³-hybridized carbons (Fsp3) is 0.429. The molecule has 1 fully saturated rings. The van der Waals surface area contributed by atoms with Crippen LogP contribution in [0.25, 0.3) is 11.4 Å². The van der Waals surface area contributed by atoms with Crippen LogP contribution in [0.15, 0.2) is 36.7 Å². The van der Waals surface area contributed by atoms with Crippen LogP contribution < -0.4 is 10.6 Å². The van der Waals surface area contributed by atoms with Gasteiger partial charge in [-0.05, 0) is 69.5 Å². The second kappa shape index (κ2) is 7.79. The Kier molecular flexibility index (Phi) is 4.85. The van der Waals surface area contributed by atoms with E-state index >= 15 is 0 Å². The molecular formula is C21H25N7O. The summed E-state index contributed by atoms with van der Waals surface area (Å²) < 4.78 is 4.12. The molecule has 8 heteroatoms. The molecule has 0 saturated carbocycles. The summed E-state index contributed by atoms with van der Waals surface area (Å²) in [6.07, 6.45) is 9.26. The van der Waals surface area contributed by atoms with E-state index in [1.165, 1.54) is 18.5 Å². The molecule has 0 aliphatic carbocycles.